The number of rotatable bonds is 14. The summed E-state index contributed by atoms with van der Waals surface area (Å²) in [5.41, 5.74) is 6.67. The SMILES string of the molecule is CCC(CC)C(=O)/C=C(\O)C(CC)CC.[Ir].[c-]1ccccc1-c1ccc(CCCCc2cnc(-c3[c-]ccc4ccccc34)c3ccccc23)cn1. The van der Waals surface area contributed by atoms with Crippen LogP contribution in [0.1, 0.15) is 77.3 Å². The molecule has 52 heavy (non-hydrogen) atoms. The van der Waals surface area contributed by atoms with Gasteiger partial charge in [-0.15, -0.1) is 65.0 Å². The molecule has 2 heterocycles. The van der Waals surface area contributed by atoms with Gasteiger partial charge in [-0.25, -0.2) is 0 Å². The maximum absolute atomic E-state index is 11.7. The van der Waals surface area contributed by atoms with E-state index in [9.17, 15) is 9.90 Å². The molecule has 0 saturated heterocycles. The molecule has 1 radical (unpaired) electrons. The van der Waals surface area contributed by atoms with Crippen LogP contribution in [-0.4, -0.2) is 20.9 Å². The van der Waals surface area contributed by atoms with Crippen LogP contribution in [0.5, 0.6) is 0 Å². The van der Waals surface area contributed by atoms with Crippen LogP contribution in [-0.2, 0) is 37.7 Å². The Hall–Kier alpha value is -4.44. The molecule has 0 unspecified atom stereocenters. The molecule has 6 aromatic rings. The van der Waals surface area contributed by atoms with Crippen molar-refractivity contribution in [1.82, 2.24) is 9.97 Å². The third kappa shape index (κ3) is 10.3. The van der Waals surface area contributed by atoms with Gasteiger partial charge in [0, 0.05) is 50.4 Å². The van der Waals surface area contributed by atoms with Crippen molar-refractivity contribution >= 4 is 27.3 Å². The molecule has 0 aliphatic heterocycles. The van der Waals surface area contributed by atoms with Crippen LogP contribution in [0.2, 0.25) is 0 Å². The quantitative estimate of drug-likeness (QED) is 0.0513. The summed E-state index contributed by atoms with van der Waals surface area (Å²) in [6, 6.07) is 40.2. The van der Waals surface area contributed by atoms with Crippen LogP contribution in [0, 0.1) is 24.0 Å². The topological polar surface area (TPSA) is 63.1 Å². The van der Waals surface area contributed by atoms with E-state index in [4.69, 9.17) is 4.98 Å². The predicted octanol–water partition coefficient (Wildman–Crippen LogP) is 12.2. The number of aliphatic hydroxyl groups is 1. The second-order valence-electron chi connectivity index (χ2n) is 13.2. The summed E-state index contributed by atoms with van der Waals surface area (Å²) in [5.74, 6) is 0.547. The molecule has 0 atom stereocenters. The zero-order chi connectivity index (χ0) is 36.0. The first-order chi connectivity index (χ1) is 25.0. The minimum Gasteiger partial charge on any atom is -0.512 e. The smallest absolute Gasteiger partial charge is 0.162 e. The molecule has 4 aromatic carbocycles. The van der Waals surface area contributed by atoms with E-state index in [1.54, 1.807) is 0 Å². The van der Waals surface area contributed by atoms with Gasteiger partial charge in [0.25, 0.3) is 0 Å². The standard InChI is InChI=1S/C34H26N2.C13H24O2.Ir/c1-2-13-27(14-3-1)33-22-21-25(23-35-33)11-4-5-15-28-24-36-34(31-19-9-8-18-30(28)31)32-20-10-16-26-12-6-7-17-29(26)32;1-5-10(6-2)12(14)9-13(15)11(7-3)8-4;/h1-3,6-10,12-13,16-19,21-24H,4-5,11,15H2;9-11,14H,5-8H2,1-4H3;/q-2;;/b;12-9-;. The molecule has 5 heteroatoms. The third-order valence-corrected chi connectivity index (χ3v) is 9.89. The number of pyridine rings is 2. The van der Waals surface area contributed by atoms with Gasteiger partial charge in [-0.05, 0) is 84.7 Å². The Bertz CT molecular complexity index is 2030. The number of aryl methyl sites for hydroxylation is 2. The van der Waals surface area contributed by atoms with Gasteiger partial charge in [-0.2, -0.15) is 0 Å². The number of allylic oxidation sites excluding steroid dienone is 2. The number of aromatic nitrogens is 2. The van der Waals surface area contributed by atoms with Gasteiger partial charge in [0.05, 0.1) is 5.76 Å². The molecule has 0 aliphatic carbocycles. The van der Waals surface area contributed by atoms with Gasteiger partial charge >= 0.3 is 0 Å². The van der Waals surface area contributed by atoms with E-state index in [0.717, 1.165) is 73.9 Å². The second kappa shape index (κ2) is 20.6. The Morgan fingerprint density at radius 2 is 1.37 bits per heavy atom. The van der Waals surface area contributed by atoms with Crippen LogP contribution in [0.3, 0.4) is 0 Å². The van der Waals surface area contributed by atoms with E-state index in [-0.39, 0.29) is 43.5 Å². The number of carbonyl (C=O) groups excluding carboxylic acids is 1. The van der Waals surface area contributed by atoms with Crippen molar-refractivity contribution in [3.8, 4) is 22.5 Å². The molecule has 0 spiro atoms. The molecule has 1 N–H and O–H groups in total. The zero-order valence-electron chi connectivity index (χ0n) is 30.9. The summed E-state index contributed by atoms with van der Waals surface area (Å²) >= 11 is 0. The number of aliphatic hydroxyl groups excluding tert-OH is 1. The van der Waals surface area contributed by atoms with Gasteiger partial charge < -0.3 is 15.1 Å². The van der Waals surface area contributed by atoms with Crippen molar-refractivity contribution in [3.05, 3.63) is 145 Å². The first kappa shape index (κ1) is 40.3. The molecule has 0 aliphatic rings. The fourth-order valence-electron chi connectivity index (χ4n) is 6.72. The molecule has 2 aromatic heterocycles. The van der Waals surface area contributed by atoms with Gasteiger partial charge in [0.2, 0.25) is 0 Å². The average molecular weight is 867 g/mol. The molecule has 0 fully saturated rings. The van der Waals surface area contributed by atoms with Crippen molar-refractivity contribution in [2.75, 3.05) is 0 Å². The summed E-state index contributed by atoms with van der Waals surface area (Å²) in [6.07, 6.45) is 13.2. The number of fused-ring (bicyclic) bond motifs is 2. The van der Waals surface area contributed by atoms with Gasteiger partial charge in [-0.1, -0.05) is 93.7 Å². The molecule has 271 valence electrons. The van der Waals surface area contributed by atoms with E-state index in [1.165, 1.54) is 38.7 Å². The Kier molecular flexibility index (Phi) is 15.9. The number of carbonyl (C=O) groups is 1. The Labute approximate surface area is 323 Å². The van der Waals surface area contributed by atoms with E-state index in [2.05, 4.69) is 90.0 Å². The Morgan fingerprint density at radius 1 is 0.692 bits per heavy atom. The molecular formula is C47H50IrN2O2-2. The number of ketones is 1. The second-order valence-corrected chi connectivity index (χ2v) is 13.2. The molecule has 6 rings (SSSR count). The minimum atomic E-state index is 0. The maximum atomic E-state index is 11.7. The largest absolute Gasteiger partial charge is 0.512 e. The van der Waals surface area contributed by atoms with Crippen LogP contribution >= 0.6 is 0 Å². The van der Waals surface area contributed by atoms with E-state index in [0.29, 0.717) is 0 Å². The summed E-state index contributed by atoms with van der Waals surface area (Å²) in [4.78, 5) is 21.3. The van der Waals surface area contributed by atoms with Crippen LogP contribution < -0.4 is 0 Å². The molecule has 0 saturated carbocycles. The van der Waals surface area contributed by atoms with Crippen molar-refractivity contribution in [2.24, 2.45) is 11.8 Å². The average Bonchev–Trinajstić information content (AvgIpc) is 3.18. The van der Waals surface area contributed by atoms with Crippen molar-refractivity contribution < 1.29 is 30.0 Å². The number of hydrogen-bond acceptors (Lipinski definition) is 4. The third-order valence-electron chi connectivity index (χ3n) is 9.89. The Balaban J connectivity index is 0.000000323. The molecule has 4 nitrogen and oxygen atoms in total. The number of hydrogen-bond donors (Lipinski definition) is 1. The fourth-order valence-corrected chi connectivity index (χ4v) is 6.72. The predicted molar refractivity (Wildman–Crippen MR) is 213 cm³/mol. The maximum Gasteiger partial charge on any atom is 0.162 e. The van der Waals surface area contributed by atoms with Gasteiger partial charge in [-0.3, -0.25) is 4.79 Å². The summed E-state index contributed by atoms with van der Waals surface area (Å²) < 4.78 is 0. The first-order valence-electron chi connectivity index (χ1n) is 18.6. The van der Waals surface area contributed by atoms with Gasteiger partial charge in [0.15, 0.2) is 5.78 Å². The number of nitrogens with zero attached hydrogens (tertiary/aromatic N) is 2. The number of benzene rings is 4. The summed E-state index contributed by atoms with van der Waals surface area (Å²) in [7, 11) is 0. The number of unbranched alkanes of at least 4 members (excludes halogenated alkanes) is 1. The Morgan fingerprint density at radius 3 is 2.04 bits per heavy atom. The zero-order valence-corrected chi connectivity index (χ0v) is 33.3. The van der Waals surface area contributed by atoms with Crippen molar-refractivity contribution in [2.45, 2.75) is 79.1 Å². The minimum absolute atomic E-state index is 0. The summed E-state index contributed by atoms with van der Waals surface area (Å²) in [6.45, 7) is 8.07. The molecule has 0 amide bonds. The van der Waals surface area contributed by atoms with Crippen molar-refractivity contribution in [1.29, 1.82) is 0 Å². The van der Waals surface area contributed by atoms with Crippen LogP contribution in [0.25, 0.3) is 44.1 Å². The monoisotopic (exact) mass is 867 g/mol. The van der Waals surface area contributed by atoms with Gasteiger partial charge in [0.1, 0.15) is 0 Å². The van der Waals surface area contributed by atoms with E-state index in [1.807, 2.05) is 64.2 Å². The van der Waals surface area contributed by atoms with E-state index < -0.39 is 0 Å². The molecule has 0 bridgehead atoms. The first-order valence-corrected chi connectivity index (χ1v) is 18.6. The van der Waals surface area contributed by atoms with Crippen molar-refractivity contribution in [3.63, 3.8) is 0 Å². The fraction of sp³-hybridized carbons (Fsp3) is 0.298. The van der Waals surface area contributed by atoms with Crippen LogP contribution in [0.15, 0.2) is 121 Å². The summed E-state index contributed by atoms with van der Waals surface area (Å²) in [5, 5.41) is 14.6. The normalized spacial score (nSPS) is 11.4. The molecular weight excluding hydrogens is 817 g/mol. The van der Waals surface area contributed by atoms with Crippen LogP contribution in [0.4, 0.5) is 0 Å². The van der Waals surface area contributed by atoms with E-state index >= 15 is 0 Å².